The Balaban J connectivity index is 1.90. The van der Waals surface area contributed by atoms with Crippen molar-refractivity contribution in [2.45, 2.75) is 25.8 Å². The quantitative estimate of drug-likeness (QED) is 0.918. The van der Waals surface area contributed by atoms with Gasteiger partial charge in [0.2, 0.25) is 5.95 Å². The Morgan fingerprint density at radius 1 is 1.53 bits per heavy atom. The first kappa shape index (κ1) is 12.9. The molecule has 2 N–H and O–H groups in total. The van der Waals surface area contributed by atoms with E-state index in [-0.39, 0.29) is 0 Å². The molecule has 0 aliphatic heterocycles. The Kier molecular flexibility index (Phi) is 3.22. The first-order valence-electron chi connectivity index (χ1n) is 6.40. The van der Waals surface area contributed by atoms with Crippen LogP contribution in [-0.4, -0.2) is 28.3 Å². The Morgan fingerprint density at radius 2 is 2.32 bits per heavy atom. The zero-order valence-electron chi connectivity index (χ0n) is 10.9. The molecule has 19 heavy (non-hydrogen) atoms. The fourth-order valence-electron chi connectivity index (χ4n) is 2.48. The standard InChI is InChI=1S/C13H17BrN4O/c1-19-5-4-13(2-3-13)8-18-11-10(17-12(18)15)6-9(14)7-16-11/h6-7H,2-5,8H2,1H3,(H2,15,17). The smallest absolute Gasteiger partial charge is 0.202 e. The molecule has 2 aromatic heterocycles. The van der Waals surface area contributed by atoms with Crippen molar-refractivity contribution in [3.05, 3.63) is 16.7 Å². The summed E-state index contributed by atoms with van der Waals surface area (Å²) < 4.78 is 8.15. The maximum Gasteiger partial charge on any atom is 0.202 e. The predicted octanol–water partition coefficient (Wildman–Crippen LogP) is 2.59. The Morgan fingerprint density at radius 3 is 3.00 bits per heavy atom. The van der Waals surface area contributed by atoms with Gasteiger partial charge in [0.15, 0.2) is 5.65 Å². The number of hydrogen-bond acceptors (Lipinski definition) is 4. The van der Waals surface area contributed by atoms with Crippen molar-refractivity contribution in [3.63, 3.8) is 0 Å². The molecule has 2 heterocycles. The van der Waals surface area contributed by atoms with Crippen LogP contribution in [0.4, 0.5) is 5.95 Å². The summed E-state index contributed by atoms with van der Waals surface area (Å²) >= 11 is 3.41. The summed E-state index contributed by atoms with van der Waals surface area (Å²) in [7, 11) is 1.75. The van der Waals surface area contributed by atoms with Gasteiger partial charge in [-0.15, -0.1) is 0 Å². The Bertz CT molecular complexity index is 606. The van der Waals surface area contributed by atoms with Crippen molar-refractivity contribution in [2.75, 3.05) is 19.5 Å². The number of nitrogens with zero attached hydrogens (tertiary/aromatic N) is 3. The molecule has 0 atom stereocenters. The maximum atomic E-state index is 6.03. The first-order valence-corrected chi connectivity index (χ1v) is 7.19. The van der Waals surface area contributed by atoms with Gasteiger partial charge < -0.3 is 10.5 Å². The molecule has 0 amide bonds. The fourth-order valence-corrected chi connectivity index (χ4v) is 2.80. The highest BCUT2D eigenvalue weighted by atomic mass is 79.9. The van der Waals surface area contributed by atoms with Gasteiger partial charge in [-0.3, -0.25) is 4.57 Å². The molecule has 3 rings (SSSR count). The highest BCUT2D eigenvalue weighted by Gasteiger charge is 2.43. The highest BCUT2D eigenvalue weighted by molar-refractivity contribution is 9.10. The predicted molar refractivity (Wildman–Crippen MR) is 77.8 cm³/mol. The summed E-state index contributed by atoms with van der Waals surface area (Å²) in [6.45, 7) is 1.68. The van der Waals surface area contributed by atoms with E-state index in [2.05, 4.69) is 25.9 Å². The fraction of sp³-hybridized carbons (Fsp3) is 0.538. The Labute approximate surface area is 120 Å². The number of halogens is 1. The van der Waals surface area contributed by atoms with Crippen LogP contribution in [-0.2, 0) is 11.3 Å². The van der Waals surface area contributed by atoms with Crippen LogP contribution in [0.3, 0.4) is 0 Å². The van der Waals surface area contributed by atoms with Gasteiger partial charge in [0, 0.05) is 30.9 Å². The number of methoxy groups -OCH3 is 1. The van der Waals surface area contributed by atoms with E-state index in [1.54, 1.807) is 13.3 Å². The van der Waals surface area contributed by atoms with Crippen LogP contribution < -0.4 is 5.73 Å². The minimum atomic E-state index is 0.326. The maximum absolute atomic E-state index is 6.03. The van der Waals surface area contributed by atoms with E-state index >= 15 is 0 Å². The van der Waals surface area contributed by atoms with Gasteiger partial charge in [-0.05, 0) is 46.7 Å². The van der Waals surface area contributed by atoms with Gasteiger partial charge >= 0.3 is 0 Å². The van der Waals surface area contributed by atoms with Crippen LogP contribution in [0.25, 0.3) is 11.2 Å². The average molecular weight is 325 g/mol. The van der Waals surface area contributed by atoms with Crippen LogP contribution in [0.1, 0.15) is 19.3 Å². The van der Waals surface area contributed by atoms with Gasteiger partial charge in [-0.25, -0.2) is 9.97 Å². The average Bonchev–Trinajstić information content (AvgIpc) is 3.08. The number of anilines is 1. The third kappa shape index (κ3) is 2.47. The lowest BCUT2D eigenvalue weighted by Crippen LogP contribution is -2.16. The molecule has 2 aromatic rings. The molecule has 1 aliphatic carbocycles. The minimum Gasteiger partial charge on any atom is -0.385 e. The van der Waals surface area contributed by atoms with Crippen molar-refractivity contribution in [1.29, 1.82) is 0 Å². The van der Waals surface area contributed by atoms with Gasteiger partial charge in [0.05, 0.1) is 0 Å². The first-order chi connectivity index (χ1) is 9.13. The molecule has 0 saturated heterocycles. The lowest BCUT2D eigenvalue weighted by molar-refractivity contribution is 0.167. The van der Waals surface area contributed by atoms with E-state index in [1.165, 1.54) is 12.8 Å². The van der Waals surface area contributed by atoms with Crippen molar-refractivity contribution in [3.8, 4) is 0 Å². The minimum absolute atomic E-state index is 0.326. The molecule has 0 radical (unpaired) electrons. The van der Waals surface area contributed by atoms with Gasteiger partial charge in [0.25, 0.3) is 0 Å². The number of pyridine rings is 1. The summed E-state index contributed by atoms with van der Waals surface area (Å²) in [5, 5.41) is 0. The zero-order chi connectivity index (χ0) is 13.5. The second-order valence-corrected chi connectivity index (χ2v) is 6.21. The summed E-state index contributed by atoms with van der Waals surface area (Å²) in [6, 6.07) is 1.95. The van der Waals surface area contributed by atoms with Gasteiger partial charge in [-0.2, -0.15) is 0 Å². The van der Waals surface area contributed by atoms with Gasteiger partial charge in [-0.1, -0.05) is 0 Å². The highest BCUT2D eigenvalue weighted by Crippen LogP contribution is 2.50. The molecule has 102 valence electrons. The molecule has 1 saturated carbocycles. The van der Waals surface area contributed by atoms with Crippen LogP contribution in [0, 0.1) is 5.41 Å². The third-order valence-electron chi connectivity index (χ3n) is 3.87. The number of rotatable bonds is 5. The summed E-state index contributed by atoms with van der Waals surface area (Å²) in [4.78, 5) is 8.82. The molecule has 1 aliphatic rings. The topological polar surface area (TPSA) is 66.0 Å². The van der Waals surface area contributed by atoms with Crippen molar-refractivity contribution in [1.82, 2.24) is 14.5 Å². The molecule has 0 unspecified atom stereocenters. The van der Waals surface area contributed by atoms with Crippen LogP contribution >= 0.6 is 15.9 Å². The van der Waals surface area contributed by atoms with E-state index in [1.807, 2.05) is 10.6 Å². The molecule has 1 fully saturated rings. The lowest BCUT2D eigenvalue weighted by atomic mass is 10.0. The number of fused-ring (bicyclic) bond motifs is 1. The molecular weight excluding hydrogens is 308 g/mol. The van der Waals surface area contributed by atoms with Crippen LogP contribution in [0.2, 0.25) is 0 Å². The largest absolute Gasteiger partial charge is 0.385 e. The molecular formula is C13H17BrN4O. The SMILES string of the molecule is COCCC1(Cn2c(N)nc3cc(Br)cnc32)CC1. The van der Waals surface area contributed by atoms with E-state index in [9.17, 15) is 0 Å². The number of imidazole rings is 1. The second kappa shape index (κ2) is 4.76. The molecule has 5 nitrogen and oxygen atoms in total. The van der Waals surface area contributed by atoms with Gasteiger partial charge in [0.1, 0.15) is 5.52 Å². The molecule has 0 spiro atoms. The Hall–Kier alpha value is -1.14. The van der Waals surface area contributed by atoms with Crippen molar-refractivity contribution < 1.29 is 4.74 Å². The number of nitrogens with two attached hydrogens (primary N) is 1. The second-order valence-electron chi connectivity index (χ2n) is 5.30. The van der Waals surface area contributed by atoms with Crippen molar-refractivity contribution in [2.24, 2.45) is 5.41 Å². The summed E-state index contributed by atoms with van der Waals surface area (Å²) in [6.07, 6.45) is 5.31. The molecule has 0 aromatic carbocycles. The zero-order valence-corrected chi connectivity index (χ0v) is 12.5. The number of nitrogen functional groups attached to an aromatic ring is 1. The summed E-state index contributed by atoms with van der Waals surface area (Å²) in [5.41, 5.74) is 8.07. The van der Waals surface area contributed by atoms with Crippen molar-refractivity contribution >= 4 is 33.0 Å². The number of ether oxygens (including phenoxy) is 1. The van der Waals surface area contributed by atoms with E-state index in [0.717, 1.165) is 35.2 Å². The molecule has 0 bridgehead atoms. The van der Waals surface area contributed by atoms with Crippen LogP contribution in [0.15, 0.2) is 16.7 Å². The monoisotopic (exact) mass is 324 g/mol. The summed E-state index contributed by atoms with van der Waals surface area (Å²) in [5.74, 6) is 0.546. The van der Waals surface area contributed by atoms with Crippen LogP contribution in [0.5, 0.6) is 0 Å². The van der Waals surface area contributed by atoms with E-state index in [0.29, 0.717) is 11.4 Å². The van der Waals surface area contributed by atoms with E-state index in [4.69, 9.17) is 10.5 Å². The third-order valence-corrected chi connectivity index (χ3v) is 4.30. The lowest BCUT2D eigenvalue weighted by Gasteiger charge is -2.16. The molecule has 6 heteroatoms. The number of aromatic nitrogens is 3. The number of hydrogen-bond donors (Lipinski definition) is 1. The van der Waals surface area contributed by atoms with E-state index < -0.39 is 0 Å². The normalized spacial score (nSPS) is 16.9.